The van der Waals surface area contributed by atoms with Gasteiger partial charge in [0.05, 0.1) is 18.6 Å². The molecular formula is C37H32O12. The predicted octanol–water partition coefficient (Wildman–Crippen LogP) is 5.58. The summed E-state index contributed by atoms with van der Waals surface area (Å²) in [7, 11) is 0. The normalized spacial score (nSPS) is 20.9. The molecule has 0 amide bonds. The molecular weight excluding hydrogens is 636 g/mol. The number of phenolic OH excluding ortho intramolecular Hbond substituents is 5. The smallest absolute Gasteiger partial charge is 0.240 e. The standard InChI is InChI=1S/C37H32O12/c1-20-33(45-16-14-21-2-8-24(38)9-3-21)32(44)36(46-17-15-22-4-10-25(39)11-5-22)37(47-20)49-35-31(43)30-28(42)18-27(41)19-29(30)48-34(35)23-6-12-26(40)13-7-23/h2-20,32-33,36-42,44H,1H3/b16-14-,17-15+/t20-,32+,33-,36+,37-/m0/s1. The summed E-state index contributed by atoms with van der Waals surface area (Å²) in [6.45, 7) is 1.64. The molecule has 0 bridgehead atoms. The van der Waals surface area contributed by atoms with Crippen LogP contribution in [0.4, 0.5) is 0 Å². The summed E-state index contributed by atoms with van der Waals surface area (Å²) in [4.78, 5) is 13.9. The number of aliphatic hydroxyl groups is 1. The number of rotatable bonds is 9. The third-order valence-corrected chi connectivity index (χ3v) is 7.81. The van der Waals surface area contributed by atoms with Crippen molar-refractivity contribution in [3.8, 4) is 45.8 Å². The molecule has 0 radical (unpaired) electrons. The quantitative estimate of drug-likeness (QED) is 0.107. The zero-order valence-corrected chi connectivity index (χ0v) is 25.9. The molecule has 1 aliphatic heterocycles. The Hall–Kier alpha value is -6.11. The highest BCUT2D eigenvalue weighted by molar-refractivity contribution is 5.88. The van der Waals surface area contributed by atoms with Crippen molar-refractivity contribution < 1.29 is 54.0 Å². The van der Waals surface area contributed by atoms with E-state index in [4.69, 9.17) is 23.4 Å². The van der Waals surface area contributed by atoms with Crippen LogP contribution in [-0.4, -0.2) is 61.3 Å². The minimum atomic E-state index is -1.44. The number of hydrogen-bond acceptors (Lipinski definition) is 12. The van der Waals surface area contributed by atoms with E-state index in [-0.39, 0.29) is 39.7 Å². The Balaban J connectivity index is 1.36. The molecule has 4 aromatic carbocycles. The number of hydrogen-bond donors (Lipinski definition) is 6. The van der Waals surface area contributed by atoms with E-state index in [0.717, 1.165) is 11.6 Å². The fourth-order valence-electron chi connectivity index (χ4n) is 5.30. The molecule has 12 nitrogen and oxygen atoms in total. The van der Waals surface area contributed by atoms with Gasteiger partial charge in [-0.15, -0.1) is 0 Å². The molecule has 6 rings (SSSR count). The summed E-state index contributed by atoms with van der Waals surface area (Å²) in [5, 5.41) is 61.0. The highest BCUT2D eigenvalue weighted by atomic mass is 16.7. The summed E-state index contributed by atoms with van der Waals surface area (Å²) in [6.07, 6.45) is -0.0232. The van der Waals surface area contributed by atoms with Gasteiger partial charge in [0.25, 0.3) is 0 Å². The lowest BCUT2D eigenvalue weighted by Crippen LogP contribution is -2.59. The molecule has 5 aromatic rings. The first kappa shape index (κ1) is 32.8. The second-order valence-corrected chi connectivity index (χ2v) is 11.3. The van der Waals surface area contributed by atoms with Gasteiger partial charge in [-0.25, -0.2) is 0 Å². The lowest BCUT2D eigenvalue weighted by molar-refractivity contribution is -0.269. The van der Waals surface area contributed by atoms with Crippen molar-refractivity contribution in [1.29, 1.82) is 0 Å². The summed E-state index contributed by atoms with van der Waals surface area (Å²) in [5.41, 5.74) is 0.770. The molecule has 1 aliphatic rings. The third kappa shape index (κ3) is 7.25. The molecule has 252 valence electrons. The van der Waals surface area contributed by atoms with E-state index in [2.05, 4.69) is 0 Å². The molecule has 5 atom stereocenters. The van der Waals surface area contributed by atoms with Crippen molar-refractivity contribution in [1.82, 2.24) is 0 Å². The van der Waals surface area contributed by atoms with Crippen LogP contribution in [0.1, 0.15) is 18.1 Å². The maximum atomic E-state index is 13.9. The van der Waals surface area contributed by atoms with E-state index < -0.39 is 47.6 Å². The van der Waals surface area contributed by atoms with Gasteiger partial charge in [0.2, 0.25) is 17.5 Å². The molecule has 12 heteroatoms. The molecule has 0 aliphatic carbocycles. The molecule has 0 spiro atoms. The lowest BCUT2D eigenvalue weighted by atomic mass is 9.99. The highest BCUT2D eigenvalue weighted by Gasteiger charge is 2.48. The Morgan fingerprint density at radius 2 is 1.22 bits per heavy atom. The van der Waals surface area contributed by atoms with Crippen LogP contribution in [0.3, 0.4) is 0 Å². The summed E-state index contributed by atoms with van der Waals surface area (Å²) in [5.74, 6) is -1.26. The van der Waals surface area contributed by atoms with E-state index in [1.807, 2.05) is 0 Å². The van der Waals surface area contributed by atoms with Crippen molar-refractivity contribution in [2.24, 2.45) is 0 Å². The minimum absolute atomic E-state index is 0.0448. The van der Waals surface area contributed by atoms with Gasteiger partial charge < -0.3 is 54.0 Å². The van der Waals surface area contributed by atoms with Crippen molar-refractivity contribution in [2.45, 2.75) is 37.6 Å². The maximum Gasteiger partial charge on any atom is 0.240 e. The van der Waals surface area contributed by atoms with Crippen LogP contribution in [0.2, 0.25) is 0 Å². The van der Waals surface area contributed by atoms with Gasteiger partial charge in [-0.3, -0.25) is 4.79 Å². The van der Waals surface area contributed by atoms with E-state index in [1.54, 1.807) is 43.3 Å². The monoisotopic (exact) mass is 668 g/mol. The number of phenols is 5. The van der Waals surface area contributed by atoms with Gasteiger partial charge in [-0.05, 0) is 78.7 Å². The summed E-state index contributed by atoms with van der Waals surface area (Å²) >= 11 is 0. The van der Waals surface area contributed by atoms with E-state index in [9.17, 15) is 35.4 Å². The number of fused-ring (bicyclic) bond motifs is 1. The van der Waals surface area contributed by atoms with Crippen molar-refractivity contribution in [3.63, 3.8) is 0 Å². The molecule has 1 fully saturated rings. The Morgan fingerprint density at radius 1 is 0.694 bits per heavy atom. The van der Waals surface area contributed by atoms with Gasteiger partial charge in [-0.1, -0.05) is 24.3 Å². The predicted molar refractivity (Wildman–Crippen MR) is 178 cm³/mol. The molecule has 0 saturated carbocycles. The van der Waals surface area contributed by atoms with Gasteiger partial charge in [0, 0.05) is 17.7 Å². The van der Waals surface area contributed by atoms with Gasteiger partial charge in [-0.2, -0.15) is 0 Å². The number of benzene rings is 4. The van der Waals surface area contributed by atoms with Gasteiger partial charge in [0.15, 0.2) is 18.0 Å². The Kier molecular flexibility index (Phi) is 9.33. The topological polar surface area (TPSA) is 189 Å². The first-order valence-electron chi connectivity index (χ1n) is 15.1. The van der Waals surface area contributed by atoms with Gasteiger partial charge in [0.1, 0.15) is 45.8 Å². The third-order valence-electron chi connectivity index (χ3n) is 7.81. The first-order valence-corrected chi connectivity index (χ1v) is 15.1. The van der Waals surface area contributed by atoms with E-state index in [1.165, 1.54) is 67.1 Å². The van der Waals surface area contributed by atoms with Crippen molar-refractivity contribution in [3.05, 3.63) is 119 Å². The molecule has 1 aromatic heterocycles. The van der Waals surface area contributed by atoms with Crippen LogP contribution in [0, 0.1) is 0 Å². The van der Waals surface area contributed by atoms with Crippen LogP contribution >= 0.6 is 0 Å². The highest BCUT2D eigenvalue weighted by Crippen LogP contribution is 2.38. The number of aliphatic hydroxyl groups excluding tert-OH is 1. The second-order valence-electron chi connectivity index (χ2n) is 11.3. The minimum Gasteiger partial charge on any atom is -0.508 e. The first-order chi connectivity index (χ1) is 23.6. The SMILES string of the molecule is C[C@@H]1O[C@@H](Oc2c(-c3ccc(O)cc3)oc3cc(O)cc(O)c3c2=O)[C@H](O/C=C/c2ccc(O)cc2)[C@H](O)[C@H]1O/C=C\c1ccc(O)cc1. The zero-order chi connectivity index (χ0) is 34.7. The average molecular weight is 669 g/mol. The average Bonchev–Trinajstić information content (AvgIpc) is 3.07. The molecule has 49 heavy (non-hydrogen) atoms. The fraction of sp³-hybridized carbons (Fsp3) is 0.162. The van der Waals surface area contributed by atoms with Crippen molar-refractivity contribution >= 4 is 23.1 Å². The number of ether oxygens (including phenoxy) is 4. The largest absolute Gasteiger partial charge is 0.508 e. The van der Waals surface area contributed by atoms with E-state index in [0.29, 0.717) is 11.1 Å². The van der Waals surface area contributed by atoms with Crippen LogP contribution < -0.4 is 10.2 Å². The number of aromatic hydroxyl groups is 5. The molecule has 2 heterocycles. The summed E-state index contributed by atoms with van der Waals surface area (Å²) < 4.78 is 30.2. The van der Waals surface area contributed by atoms with Crippen molar-refractivity contribution in [2.75, 3.05) is 0 Å². The fourth-order valence-corrected chi connectivity index (χ4v) is 5.30. The second kappa shape index (κ2) is 13.9. The zero-order valence-electron chi connectivity index (χ0n) is 25.9. The Labute approximate surface area is 279 Å². The Morgan fingerprint density at radius 3 is 1.80 bits per heavy atom. The molecule has 6 N–H and O–H groups in total. The maximum absolute atomic E-state index is 13.9. The van der Waals surface area contributed by atoms with Crippen LogP contribution in [-0.2, 0) is 14.2 Å². The van der Waals surface area contributed by atoms with Crippen LogP contribution in [0.5, 0.6) is 34.5 Å². The summed E-state index contributed by atoms with van der Waals surface area (Å²) in [6, 6.07) is 20.5. The van der Waals surface area contributed by atoms with E-state index >= 15 is 0 Å². The van der Waals surface area contributed by atoms with Crippen LogP contribution in [0.25, 0.3) is 34.4 Å². The van der Waals surface area contributed by atoms with Gasteiger partial charge >= 0.3 is 0 Å². The molecule has 0 unspecified atom stereocenters. The van der Waals surface area contributed by atoms with Crippen LogP contribution in [0.15, 0.2) is 107 Å². The molecule has 1 saturated heterocycles. The lowest BCUT2D eigenvalue weighted by Gasteiger charge is -2.42. The Bertz CT molecular complexity index is 2030.